The summed E-state index contributed by atoms with van der Waals surface area (Å²) in [6.07, 6.45) is 5.88. The lowest BCUT2D eigenvalue weighted by atomic mass is 10.0. The number of nitrogens with one attached hydrogen (secondary N) is 1. The molecule has 2 fully saturated rings. The maximum atomic E-state index is 13.1. The van der Waals surface area contributed by atoms with Crippen molar-refractivity contribution in [3.8, 4) is 5.75 Å². The van der Waals surface area contributed by atoms with Crippen LogP contribution in [0.4, 0.5) is 5.69 Å². The first-order valence-corrected chi connectivity index (χ1v) is 12.2. The lowest BCUT2D eigenvalue weighted by Crippen LogP contribution is -2.50. The maximum Gasteiger partial charge on any atom is 0.265 e. The fraction of sp³-hybridized carbons (Fsp3) is 0.619. The Kier molecular flexibility index (Phi) is 6.02. The Balaban J connectivity index is 1.36. The van der Waals surface area contributed by atoms with Crippen LogP contribution < -0.4 is 10.1 Å². The number of piperazine rings is 1. The minimum Gasteiger partial charge on any atom is -0.479 e. The molecule has 1 N–H and O–H groups in total. The molecule has 1 saturated carbocycles. The summed E-state index contributed by atoms with van der Waals surface area (Å²) in [5.74, 6) is 0.953. The lowest BCUT2D eigenvalue weighted by molar-refractivity contribution is -0.132. The topological polar surface area (TPSA) is 96.0 Å². The fourth-order valence-corrected chi connectivity index (χ4v) is 5.91. The SMILES string of the molecule is C[C@H]1Oc2ccc(S(=O)(=O)N3CCN(C(=O)CCC4CCCC4)CC3)cc2NC1=O. The molecule has 1 aliphatic carbocycles. The number of sulfonamides is 1. The van der Waals surface area contributed by atoms with Gasteiger partial charge in [-0.1, -0.05) is 25.7 Å². The first-order valence-electron chi connectivity index (χ1n) is 10.7. The van der Waals surface area contributed by atoms with Gasteiger partial charge in [0.2, 0.25) is 15.9 Å². The Morgan fingerprint density at radius 1 is 1.17 bits per heavy atom. The van der Waals surface area contributed by atoms with E-state index in [1.165, 1.54) is 42.1 Å². The molecule has 0 spiro atoms. The molecular formula is C21H29N3O5S. The van der Waals surface area contributed by atoms with E-state index >= 15 is 0 Å². The predicted octanol–water partition coefficient (Wildman–Crippen LogP) is 2.21. The average molecular weight is 436 g/mol. The van der Waals surface area contributed by atoms with Crippen molar-refractivity contribution in [1.82, 2.24) is 9.21 Å². The Hall–Kier alpha value is -2.13. The minimum atomic E-state index is -3.71. The van der Waals surface area contributed by atoms with Gasteiger partial charge < -0.3 is 15.0 Å². The van der Waals surface area contributed by atoms with Crippen molar-refractivity contribution in [2.45, 2.75) is 56.4 Å². The highest BCUT2D eigenvalue weighted by molar-refractivity contribution is 7.89. The number of nitrogens with zero attached hydrogens (tertiary/aromatic N) is 2. The highest BCUT2D eigenvalue weighted by Crippen LogP contribution is 2.33. The number of amides is 2. The summed E-state index contributed by atoms with van der Waals surface area (Å²) < 4.78 is 33.0. The van der Waals surface area contributed by atoms with E-state index in [0.717, 1.165) is 6.42 Å². The van der Waals surface area contributed by atoms with Crippen LogP contribution in [0.15, 0.2) is 23.1 Å². The van der Waals surface area contributed by atoms with Gasteiger partial charge in [-0.2, -0.15) is 4.31 Å². The van der Waals surface area contributed by atoms with Gasteiger partial charge in [-0.3, -0.25) is 9.59 Å². The lowest BCUT2D eigenvalue weighted by Gasteiger charge is -2.34. The third kappa shape index (κ3) is 4.32. The number of benzene rings is 1. The molecule has 8 nitrogen and oxygen atoms in total. The second-order valence-electron chi connectivity index (χ2n) is 8.38. The summed E-state index contributed by atoms with van der Waals surface area (Å²) in [4.78, 5) is 26.2. The van der Waals surface area contributed by atoms with Gasteiger partial charge in [0, 0.05) is 32.6 Å². The third-order valence-corrected chi connectivity index (χ3v) is 8.25. The van der Waals surface area contributed by atoms with Crippen molar-refractivity contribution >= 4 is 27.5 Å². The van der Waals surface area contributed by atoms with Crippen LogP contribution in [0.2, 0.25) is 0 Å². The van der Waals surface area contributed by atoms with Crippen molar-refractivity contribution in [3.63, 3.8) is 0 Å². The van der Waals surface area contributed by atoms with Crippen LogP contribution >= 0.6 is 0 Å². The fourth-order valence-electron chi connectivity index (χ4n) is 4.46. The first kappa shape index (κ1) is 21.1. The molecule has 1 aromatic carbocycles. The molecule has 9 heteroatoms. The number of ether oxygens (including phenoxy) is 1. The normalized spacial score (nSPS) is 23.0. The van der Waals surface area contributed by atoms with E-state index in [0.29, 0.717) is 36.9 Å². The van der Waals surface area contributed by atoms with E-state index in [2.05, 4.69) is 5.32 Å². The van der Waals surface area contributed by atoms with Gasteiger partial charge in [0.25, 0.3) is 5.91 Å². The molecule has 2 amide bonds. The minimum absolute atomic E-state index is 0.112. The molecule has 1 aromatic rings. The number of fused-ring (bicyclic) bond motifs is 1. The zero-order chi connectivity index (χ0) is 21.3. The molecule has 4 rings (SSSR count). The zero-order valence-corrected chi connectivity index (χ0v) is 18.1. The molecule has 30 heavy (non-hydrogen) atoms. The van der Waals surface area contributed by atoms with Gasteiger partial charge in [0.1, 0.15) is 5.75 Å². The quantitative estimate of drug-likeness (QED) is 0.765. The van der Waals surface area contributed by atoms with E-state index in [1.54, 1.807) is 17.9 Å². The molecule has 0 aromatic heterocycles. The molecule has 3 aliphatic rings. The summed E-state index contributed by atoms with van der Waals surface area (Å²) in [6.45, 7) is 3.00. The van der Waals surface area contributed by atoms with E-state index < -0.39 is 16.1 Å². The van der Waals surface area contributed by atoms with Crippen molar-refractivity contribution in [2.24, 2.45) is 5.92 Å². The van der Waals surface area contributed by atoms with Crippen LogP contribution in [-0.4, -0.2) is 61.7 Å². The summed E-state index contributed by atoms with van der Waals surface area (Å²) in [5.41, 5.74) is 0.361. The summed E-state index contributed by atoms with van der Waals surface area (Å²) in [7, 11) is -3.71. The maximum absolute atomic E-state index is 13.1. The smallest absolute Gasteiger partial charge is 0.265 e. The Bertz CT molecular complexity index is 919. The molecule has 1 atom stereocenters. The highest BCUT2D eigenvalue weighted by Gasteiger charge is 2.32. The molecule has 1 saturated heterocycles. The van der Waals surface area contributed by atoms with Crippen LogP contribution in [0.1, 0.15) is 45.4 Å². The van der Waals surface area contributed by atoms with Gasteiger partial charge in [-0.25, -0.2) is 8.42 Å². The highest BCUT2D eigenvalue weighted by atomic mass is 32.2. The number of carbonyl (C=O) groups excluding carboxylic acids is 2. The summed E-state index contributed by atoms with van der Waals surface area (Å²) in [6, 6.07) is 4.51. The Labute approximate surface area is 177 Å². The van der Waals surface area contributed by atoms with Crippen LogP contribution in [0, 0.1) is 5.92 Å². The van der Waals surface area contributed by atoms with E-state index in [4.69, 9.17) is 4.74 Å². The van der Waals surface area contributed by atoms with Crippen molar-refractivity contribution in [3.05, 3.63) is 18.2 Å². The number of carbonyl (C=O) groups is 2. The number of anilines is 1. The monoisotopic (exact) mass is 435 g/mol. The Morgan fingerprint density at radius 2 is 1.87 bits per heavy atom. The average Bonchev–Trinajstić information content (AvgIpc) is 3.26. The van der Waals surface area contributed by atoms with Gasteiger partial charge >= 0.3 is 0 Å². The van der Waals surface area contributed by atoms with Crippen LogP contribution in [0.25, 0.3) is 0 Å². The van der Waals surface area contributed by atoms with Gasteiger partial charge in [-0.15, -0.1) is 0 Å². The van der Waals surface area contributed by atoms with E-state index in [-0.39, 0.29) is 29.8 Å². The van der Waals surface area contributed by atoms with Crippen LogP contribution in [0.3, 0.4) is 0 Å². The molecule has 0 unspecified atom stereocenters. The Morgan fingerprint density at radius 3 is 2.57 bits per heavy atom. The second kappa shape index (κ2) is 8.55. The van der Waals surface area contributed by atoms with E-state index in [1.807, 2.05) is 0 Å². The summed E-state index contributed by atoms with van der Waals surface area (Å²) >= 11 is 0. The molecule has 2 heterocycles. The van der Waals surface area contributed by atoms with Crippen molar-refractivity contribution in [2.75, 3.05) is 31.5 Å². The molecule has 0 radical (unpaired) electrons. The second-order valence-corrected chi connectivity index (χ2v) is 10.3. The molecular weight excluding hydrogens is 406 g/mol. The molecule has 164 valence electrons. The number of hydrogen-bond donors (Lipinski definition) is 1. The van der Waals surface area contributed by atoms with E-state index in [9.17, 15) is 18.0 Å². The zero-order valence-electron chi connectivity index (χ0n) is 17.3. The molecule has 2 aliphatic heterocycles. The molecule has 0 bridgehead atoms. The summed E-state index contributed by atoms with van der Waals surface area (Å²) in [5, 5.41) is 2.68. The van der Waals surface area contributed by atoms with Gasteiger partial charge in [0.05, 0.1) is 10.6 Å². The van der Waals surface area contributed by atoms with Crippen LogP contribution in [-0.2, 0) is 19.6 Å². The standard InChI is InChI=1S/C21H29N3O5S/c1-15-21(26)22-18-14-17(7-8-19(18)29-15)30(27,28)24-12-10-23(11-13-24)20(25)9-6-16-4-2-3-5-16/h7-8,14-16H,2-6,9-13H2,1H3,(H,22,26)/t15-/m1/s1. The third-order valence-electron chi connectivity index (χ3n) is 6.35. The number of hydrogen-bond acceptors (Lipinski definition) is 5. The largest absolute Gasteiger partial charge is 0.479 e. The van der Waals surface area contributed by atoms with Crippen molar-refractivity contribution in [1.29, 1.82) is 0 Å². The number of rotatable bonds is 5. The first-order chi connectivity index (χ1) is 14.3. The van der Waals surface area contributed by atoms with Gasteiger partial charge in [0.15, 0.2) is 6.10 Å². The van der Waals surface area contributed by atoms with Crippen LogP contribution in [0.5, 0.6) is 5.75 Å². The van der Waals surface area contributed by atoms with Crippen molar-refractivity contribution < 1.29 is 22.7 Å². The predicted molar refractivity (Wildman–Crippen MR) is 112 cm³/mol. The van der Waals surface area contributed by atoms with Gasteiger partial charge in [-0.05, 0) is 37.5 Å².